The van der Waals surface area contributed by atoms with Crippen LogP contribution in [0.2, 0.25) is 0 Å². The van der Waals surface area contributed by atoms with Gasteiger partial charge in [-0.05, 0) is 37.5 Å². The van der Waals surface area contributed by atoms with Crippen molar-refractivity contribution in [3.63, 3.8) is 0 Å². The molecule has 0 amide bonds. The molecule has 2 aromatic rings. The van der Waals surface area contributed by atoms with Crippen LogP contribution >= 0.6 is 0 Å². The van der Waals surface area contributed by atoms with E-state index in [2.05, 4.69) is 65.7 Å². The summed E-state index contributed by atoms with van der Waals surface area (Å²) in [5.41, 5.74) is 2.32. The van der Waals surface area contributed by atoms with Gasteiger partial charge in [-0.15, -0.1) is 0 Å². The van der Waals surface area contributed by atoms with E-state index in [0.717, 1.165) is 36.4 Å². The summed E-state index contributed by atoms with van der Waals surface area (Å²) < 4.78 is 0. The number of piperazine rings is 1. The third kappa shape index (κ3) is 3.23. The first kappa shape index (κ1) is 17.1. The Morgan fingerprint density at radius 1 is 1.17 bits per heavy atom. The van der Waals surface area contributed by atoms with Crippen LogP contribution in [0.4, 0.5) is 5.82 Å². The summed E-state index contributed by atoms with van der Waals surface area (Å²) in [7, 11) is 0. The van der Waals surface area contributed by atoms with Crippen molar-refractivity contribution in [2.24, 2.45) is 0 Å². The van der Waals surface area contributed by atoms with Crippen LogP contribution in [-0.4, -0.2) is 58.3 Å². The summed E-state index contributed by atoms with van der Waals surface area (Å²) >= 11 is 0. The maximum atomic E-state index is 9.28. The Labute approximate surface area is 144 Å². The lowest BCUT2D eigenvalue weighted by Gasteiger charge is -2.44. The number of nitrogens with zero attached hydrogens (tertiary/aromatic N) is 4. The molecule has 5 heteroatoms. The number of aliphatic hydroxyl groups excluding tert-OH is 1. The standard InChI is InChI=1S/C19H28N4O/c1-13(2)16-5-6-18-17(9-16)19(21-12-20-18)22-10-14(3)23(7-8-24)15(4)11-22/h5-6,9,12-15,24H,7-8,10-11H2,1-4H3/t14-,15+. The van der Waals surface area contributed by atoms with Crippen molar-refractivity contribution in [1.82, 2.24) is 14.9 Å². The molecular weight excluding hydrogens is 300 g/mol. The van der Waals surface area contributed by atoms with E-state index < -0.39 is 0 Å². The lowest BCUT2D eigenvalue weighted by Crippen LogP contribution is -2.57. The van der Waals surface area contributed by atoms with Gasteiger partial charge in [0.25, 0.3) is 0 Å². The predicted octanol–water partition coefficient (Wildman–Crippen LogP) is 2.64. The zero-order chi connectivity index (χ0) is 17.3. The molecule has 1 fully saturated rings. The zero-order valence-electron chi connectivity index (χ0n) is 15.1. The van der Waals surface area contributed by atoms with E-state index in [1.54, 1.807) is 6.33 Å². The Morgan fingerprint density at radius 3 is 2.50 bits per heavy atom. The summed E-state index contributed by atoms with van der Waals surface area (Å²) in [5, 5.41) is 10.4. The summed E-state index contributed by atoms with van der Waals surface area (Å²) in [4.78, 5) is 13.8. The Kier molecular flexibility index (Phi) is 5.01. The molecule has 1 aliphatic rings. The molecule has 3 rings (SSSR count). The molecule has 1 saturated heterocycles. The fraction of sp³-hybridized carbons (Fsp3) is 0.579. The lowest BCUT2D eigenvalue weighted by molar-refractivity contribution is 0.103. The van der Waals surface area contributed by atoms with Gasteiger partial charge < -0.3 is 10.0 Å². The number of hydrogen-bond donors (Lipinski definition) is 1. The van der Waals surface area contributed by atoms with E-state index in [1.807, 2.05) is 0 Å². The van der Waals surface area contributed by atoms with Gasteiger partial charge in [0.2, 0.25) is 0 Å². The van der Waals surface area contributed by atoms with Gasteiger partial charge in [-0.25, -0.2) is 9.97 Å². The molecule has 0 saturated carbocycles. The second-order valence-corrected chi connectivity index (χ2v) is 7.19. The monoisotopic (exact) mass is 328 g/mol. The van der Waals surface area contributed by atoms with E-state index >= 15 is 0 Å². The van der Waals surface area contributed by atoms with E-state index in [9.17, 15) is 5.11 Å². The first-order valence-corrected chi connectivity index (χ1v) is 8.87. The Balaban J connectivity index is 1.96. The molecule has 0 unspecified atom stereocenters. The number of aromatic nitrogens is 2. The number of hydrogen-bond acceptors (Lipinski definition) is 5. The molecular formula is C19H28N4O. The van der Waals surface area contributed by atoms with Gasteiger partial charge in [-0.3, -0.25) is 4.90 Å². The average molecular weight is 328 g/mol. The first-order valence-electron chi connectivity index (χ1n) is 8.87. The molecule has 0 aliphatic carbocycles. The van der Waals surface area contributed by atoms with Crippen molar-refractivity contribution in [1.29, 1.82) is 0 Å². The van der Waals surface area contributed by atoms with Crippen LogP contribution < -0.4 is 4.90 Å². The fourth-order valence-corrected chi connectivity index (χ4v) is 3.76. The van der Waals surface area contributed by atoms with Crippen molar-refractivity contribution >= 4 is 16.7 Å². The molecule has 5 nitrogen and oxygen atoms in total. The molecule has 2 atom stereocenters. The smallest absolute Gasteiger partial charge is 0.139 e. The summed E-state index contributed by atoms with van der Waals surface area (Å²) in [5.74, 6) is 1.52. The van der Waals surface area contributed by atoms with Crippen molar-refractivity contribution in [2.45, 2.75) is 45.7 Å². The minimum absolute atomic E-state index is 0.211. The van der Waals surface area contributed by atoms with Crippen LogP contribution in [0.25, 0.3) is 10.9 Å². The molecule has 0 radical (unpaired) electrons. The summed E-state index contributed by atoms with van der Waals surface area (Å²) in [6.07, 6.45) is 1.67. The SMILES string of the molecule is CC(C)c1ccc2ncnc(N3C[C@@H](C)N(CCO)[C@@H](C)C3)c2c1. The molecule has 2 heterocycles. The first-order chi connectivity index (χ1) is 11.5. The molecule has 0 spiro atoms. The van der Waals surface area contributed by atoms with Crippen molar-refractivity contribution in [3.8, 4) is 0 Å². The number of aliphatic hydroxyl groups is 1. The Morgan fingerprint density at radius 2 is 1.88 bits per heavy atom. The van der Waals surface area contributed by atoms with Crippen molar-refractivity contribution in [3.05, 3.63) is 30.1 Å². The van der Waals surface area contributed by atoms with Gasteiger partial charge in [0.1, 0.15) is 12.1 Å². The number of anilines is 1. The van der Waals surface area contributed by atoms with E-state index in [4.69, 9.17) is 0 Å². The molecule has 1 aromatic heterocycles. The van der Waals surface area contributed by atoms with Crippen LogP contribution in [-0.2, 0) is 0 Å². The number of β-amino-alcohol motifs (C(OH)–C–C–N with tert-alkyl or cyclic N) is 1. The molecule has 1 aliphatic heterocycles. The third-order valence-corrected chi connectivity index (χ3v) is 5.06. The maximum absolute atomic E-state index is 9.28. The van der Waals surface area contributed by atoms with Gasteiger partial charge in [-0.1, -0.05) is 19.9 Å². The van der Waals surface area contributed by atoms with Gasteiger partial charge in [0, 0.05) is 37.1 Å². The van der Waals surface area contributed by atoms with Gasteiger partial charge >= 0.3 is 0 Å². The highest BCUT2D eigenvalue weighted by molar-refractivity contribution is 5.90. The highest BCUT2D eigenvalue weighted by Crippen LogP contribution is 2.29. The molecule has 0 bridgehead atoms. The van der Waals surface area contributed by atoms with Gasteiger partial charge in [-0.2, -0.15) is 0 Å². The van der Waals surface area contributed by atoms with Crippen molar-refractivity contribution < 1.29 is 5.11 Å². The Bertz CT molecular complexity index is 691. The van der Waals surface area contributed by atoms with E-state index in [-0.39, 0.29) is 6.61 Å². The summed E-state index contributed by atoms with van der Waals surface area (Å²) in [6, 6.07) is 7.28. The quantitative estimate of drug-likeness (QED) is 0.935. The minimum Gasteiger partial charge on any atom is -0.395 e. The third-order valence-electron chi connectivity index (χ3n) is 5.06. The number of benzene rings is 1. The van der Waals surface area contributed by atoms with E-state index in [0.29, 0.717) is 18.0 Å². The van der Waals surface area contributed by atoms with Crippen LogP contribution in [0.15, 0.2) is 24.5 Å². The molecule has 1 N–H and O–H groups in total. The molecule has 130 valence electrons. The van der Waals surface area contributed by atoms with Gasteiger partial charge in [0.05, 0.1) is 12.1 Å². The maximum Gasteiger partial charge on any atom is 0.139 e. The lowest BCUT2D eigenvalue weighted by atomic mass is 10.0. The largest absolute Gasteiger partial charge is 0.395 e. The minimum atomic E-state index is 0.211. The highest BCUT2D eigenvalue weighted by atomic mass is 16.3. The summed E-state index contributed by atoms with van der Waals surface area (Å²) in [6.45, 7) is 11.7. The van der Waals surface area contributed by atoms with Crippen LogP contribution in [0, 0.1) is 0 Å². The normalized spacial score (nSPS) is 22.5. The fourth-order valence-electron chi connectivity index (χ4n) is 3.76. The topological polar surface area (TPSA) is 52.5 Å². The average Bonchev–Trinajstić information content (AvgIpc) is 2.56. The van der Waals surface area contributed by atoms with Crippen LogP contribution in [0.1, 0.15) is 39.2 Å². The highest BCUT2D eigenvalue weighted by Gasteiger charge is 2.30. The predicted molar refractivity (Wildman–Crippen MR) is 98.6 cm³/mol. The molecule has 24 heavy (non-hydrogen) atoms. The van der Waals surface area contributed by atoms with Crippen molar-refractivity contribution in [2.75, 3.05) is 31.1 Å². The van der Waals surface area contributed by atoms with Crippen LogP contribution in [0.5, 0.6) is 0 Å². The second-order valence-electron chi connectivity index (χ2n) is 7.19. The molecule has 1 aromatic carbocycles. The number of rotatable bonds is 4. The zero-order valence-corrected chi connectivity index (χ0v) is 15.1. The van der Waals surface area contributed by atoms with Crippen LogP contribution in [0.3, 0.4) is 0 Å². The number of fused-ring (bicyclic) bond motifs is 1. The Hall–Kier alpha value is -1.72. The van der Waals surface area contributed by atoms with E-state index in [1.165, 1.54) is 5.56 Å². The van der Waals surface area contributed by atoms with Gasteiger partial charge in [0.15, 0.2) is 0 Å². The second kappa shape index (κ2) is 7.03.